The molecule has 20 heavy (non-hydrogen) atoms. The summed E-state index contributed by atoms with van der Waals surface area (Å²) >= 11 is 0. The quantitative estimate of drug-likeness (QED) is 0.813. The second-order valence-electron chi connectivity index (χ2n) is 3.90. The number of aliphatic carboxylic acids is 1. The van der Waals surface area contributed by atoms with Gasteiger partial charge in [-0.25, -0.2) is 0 Å². The van der Waals surface area contributed by atoms with Crippen molar-refractivity contribution in [3.05, 3.63) is 53.8 Å². The van der Waals surface area contributed by atoms with E-state index in [1.54, 1.807) is 0 Å². The highest BCUT2D eigenvalue weighted by Gasteiger charge is 2.33. The van der Waals surface area contributed by atoms with E-state index in [2.05, 4.69) is 0 Å². The lowest BCUT2D eigenvalue weighted by atomic mass is 10.1. The van der Waals surface area contributed by atoms with E-state index in [1.807, 2.05) is 0 Å². The van der Waals surface area contributed by atoms with Gasteiger partial charge in [0.05, 0.1) is 11.5 Å². The van der Waals surface area contributed by atoms with Crippen LogP contribution in [0, 0.1) is 0 Å². The first-order valence-electron chi connectivity index (χ1n) is 5.53. The molecule has 0 aliphatic carbocycles. The Balaban J connectivity index is 2.41. The number of carbonyl (C=O) groups is 1. The summed E-state index contributed by atoms with van der Waals surface area (Å²) in [4.78, 5) is 10.2. The standard InChI is InChI=1S/C14H9F3O3/c15-14(16,17)11-4-2-1-3-10(11)12-7-5-9(20-12)6-8-13(18)19/h1-8H,(H,18,19)/p-1/b8-6+. The van der Waals surface area contributed by atoms with Crippen LogP contribution in [-0.2, 0) is 11.0 Å². The number of halogens is 3. The van der Waals surface area contributed by atoms with Crippen molar-refractivity contribution < 1.29 is 27.5 Å². The molecule has 0 fully saturated rings. The Kier molecular flexibility index (Phi) is 3.65. The smallest absolute Gasteiger partial charge is 0.417 e. The number of furan rings is 1. The fraction of sp³-hybridized carbons (Fsp3) is 0.0714. The van der Waals surface area contributed by atoms with Crippen LogP contribution in [0.5, 0.6) is 0 Å². The molecule has 0 N–H and O–H groups in total. The molecular formula is C14H8F3O3-. The van der Waals surface area contributed by atoms with Crippen molar-refractivity contribution in [2.75, 3.05) is 0 Å². The summed E-state index contributed by atoms with van der Waals surface area (Å²) in [5, 5.41) is 10.2. The lowest BCUT2D eigenvalue weighted by Gasteiger charge is -2.10. The number of benzene rings is 1. The highest BCUT2D eigenvalue weighted by molar-refractivity contribution is 5.83. The molecule has 0 unspecified atom stereocenters. The molecule has 1 aromatic heterocycles. The fourth-order valence-electron chi connectivity index (χ4n) is 1.68. The third-order valence-corrected chi connectivity index (χ3v) is 2.51. The van der Waals surface area contributed by atoms with Crippen LogP contribution in [-0.4, -0.2) is 5.97 Å². The Morgan fingerprint density at radius 3 is 2.50 bits per heavy atom. The molecule has 0 radical (unpaired) electrons. The van der Waals surface area contributed by atoms with E-state index in [1.165, 1.54) is 30.3 Å². The Labute approximate surface area is 112 Å². The molecule has 1 aromatic carbocycles. The SMILES string of the molecule is O=C([O-])/C=C/c1ccc(-c2ccccc2C(F)(F)F)o1. The summed E-state index contributed by atoms with van der Waals surface area (Å²) < 4.78 is 43.7. The maximum atomic E-state index is 12.9. The monoisotopic (exact) mass is 281 g/mol. The largest absolute Gasteiger partial charge is 0.545 e. The molecule has 2 rings (SSSR count). The molecule has 3 nitrogen and oxygen atoms in total. The maximum absolute atomic E-state index is 12.9. The molecule has 0 saturated heterocycles. The van der Waals surface area contributed by atoms with Gasteiger partial charge in [0.2, 0.25) is 0 Å². The molecule has 0 bridgehead atoms. The van der Waals surface area contributed by atoms with Crippen LogP contribution < -0.4 is 5.11 Å². The third-order valence-electron chi connectivity index (χ3n) is 2.51. The Hall–Kier alpha value is -2.50. The van der Waals surface area contributed by atoms with E-state index in [0.717, 1.165) is 18.2 Å². The van der Waals surface area contributed by atoms with Crippen LogP contribution in [0.2, 0.25) is 0 Å². The van der Waals surface area contributed by atoms with E-state index in [4.69, 9.17) is 4.42 Å². The average molecular weight is 281 g/mol. The van der Waals surface area contributed by atoms with Gasteiger partial charge in [0, 0.05) is 5.56 Å². The van der Waals surface area contributed by atoms with Gasteiger partial charge >= 0.3 is 6.18 Å². The summed E-state index contributed by atoms with van der Waals surface area (Å²) in [6, 6.07) is 7.71. The minimum atomic E-state index is -4.50. The lowest BCUT2D eigenvalue weighted by molar-refractivity contribution is -0.297. The topological polar surface area (TPSA) is 53.3 Å². The molecule has 104 valence electrons. The van der Waals surface area contributed by atoms with Crippen LogP contribution in [0.1, 0.15) is 11.3 Å². The fourth-order valence-corrected chi connectivity index (χ4v) is 1.68. The number of alkyl halides is 3. The van der Waals surface area contributed by atoms with Gasteiger partial charge in [-0.3, -0.25) is 0 Å². The van der Waals surface area contributed by atoms with Crippen LogP contribution >= 0.6 is 0 Å². The van der Waals surface area contributed by atoms with Crippen LogP contribution in [0.15, 0.2) is 46.9 Å². The van der Waals surface area contributed by atoms with E-state index in [9.17, 15) is 23.1 Å². The van der Waals surface area contributed by atoms with Crippen LogP contribution in [0.4, 0.5) is 13.2 Å². The van der Waals surface area contributed by atoms with Gasteiger partial charge in [0.15, 0.2) is 0 Å². The van der Waals surface area contributed by atoms with Crippen molar-refractivity contribution in [3.63, 3.8) is 0 Å². The highest BCUT2D eigenvalue weighted by Crippen LogP contribution is 2.37. The van der Waals surface area contributed by atoms with Gasteiger partial charge in [-0.15, -0.1) is 0 Å². The lowest BCUT2D eigenvalue weighted by Crippen LogP contribution is -2.18. The Morgan fingerprint density at radius 2 is 1.85 bits per heavy atom. The summed E-state index contributed by atoms with van der Waals surface area (Å²) in [5.41, 5.74) is -0.919. The van der Waals surface area contributed by atoms with Gasteiger partial charge in [-0.2, -0.15) is 13.2 Å². The number of carboxylic acid groups (broad SMARTS) is 1. The summed E-state index contributed by atoms with van der Waals surface area (Å²) in [6.45, 7) is 0. The number of rotatable bonds is 3. The second kappa shape index (κ2) is 5.24. The average Bonchev–Trinajstić information content (AvgIpc) is 2.84. The van der Waals surface area contributed by atoms with Crippen molar-refractivity contribution in [2.24, 2.45) is 0 Å². The molecule has 0 amide bonds. The van der Waals surface area contributed by atoms with Gasteiger partial charge in [0.1, 0.15) is 11.5 Å². The first kappa shape index (κ1) is 13.9. The van der Waals surface area contributed by atoms with Gasteiger partial charge in [-0.1, -0.05) is 18.2 Å². The Bertz CT molecular complexity index is 654. The first-order valence-corrected chi connectivity index (χ1v) is 5.53. The zero-order valence-corrected chi connectivity index (χ0v) is 9.98. The van der Waals surface area contributed by atoms with Crippen molar-refractivity contribution in [3.8, 4) is 11.3 Å². The highest BCUT2D eigenvalue weighted by atomic mass is 19.4. The first-order chi connectivity index (χ1) is 9.38. The van der Waals surface area contributed by atoms with Crippen molar-refractivity contribution in [2.45, 2.75) is 6.18 Å². The van der Waals surface area contributed by atoms with E-state index in [0.29, 0.717) is 0 Å². The van der Waals surface area contributed by atoms with E-state index >= 15 is 0 Å². The number of carboxylic acids is 1. The minimum absolute atomic E-state index is 0.0101. The van der Waals surface area contributed by atoms with Crippen LogP contribution in [0.3, 0.4) is 0 Å². The predicted molar refractivity (Wildman–Crippen MR) is 63.2 cm³/mol. The molecule has 0 aliphatic heterocycles. The van der Waals surface area contributed by atoms with Crippen molar-refractivity contribution in [1.29, 1.82) is 0 Å². The predicted octanol–water partition coefficient (Wildman–Crippen LogP) is 2.73. The van der Waals surface area contributed by atoms with E-state index in [-0.39, 0.29) is 17.1 Å². The molecular weight excluding hydrogens is 273 g/mol. The van der Waals surface area contributed by atoms with Gasteiger partial charge in [0.25, 0.3) is 0 Å². The third kappa shape index (κ3) is 3.09. The van der Waals surface area contributed by atoms with Crippen molar-refractivity contribution >= 4 is 12.0 Å². The molecule has 0 saturated carbocycles. The molecule has 0 aliphatic rings. The van der Waals surface area contributed by atoms with Gasteiger partial charge in [-0.05, 0) is 30.4 Å². The molecule has 0 spiro atoms. The zero-order valence-electron chi connectivity index (χ0n) is 9.98. The Morgan fingerprint density at radius 1 is 1.15 bits per heavy atom. The summed E-state index contributed by atoms with van der Waals surface area (Å²) in [6.07, 6.45) is -2.66. The maximum Gasteiger partial charge on any atom is 0.417 e. The zero-order chi connectivity index (χ0) is 14.8. The van der Waals surface area contributed by atoms with Crippen molar-refractivity contribution in [1.82, 2.24) is 0 Å². The number of hydrogen-bond donors (Lipinski definition) is 0. The van der Waals surface area contributed by atoms with Gasteiger partial charge < -0.3 is 14.3 Å². The minimum Gasteiger partial charge on any atom is -0.545 e. The summed E-state index contributed by atoms with van der Waals surface area (Å²) in [7, 11) is 0. The number of carbonyl (C=O) groups excluding carboxylic acids is 1. The molecule has 1 heterocycles. The molecule has 6 heteroatoms. The molecule has 2 aromatic rings. The normalized spacial score (nSPS) is 11.9. The second-order valence-corrected chi connectivity index (χ2v) is 3.90. The number of hydrogen-bond acceptors (Lipinski definition) is 3. The summed E-state index contributed by atoms with van der Waals surface area (Å²) in [5.74, 6) is -1.28. The molecule has 0 atom stereocenters. The van der Waals surface area contributed by atoms with E-state index < -0.39 is 17.7 Å². The van der Waals surface area contributed by atoms with Crippen LogP contribution in [0.25, 0.3) is 17.4 Å².